The molecule has 24 heavy (non-hydrogen) atoms. The van der Waals surface area contributed by atoms with Crippen LogP contribution < -0.4 is 5.76 Å². The van der Waals surface area contributed by atoms with Crippen LogP contribution in [0, 0.1) is 5.92 Å². The molecule has 1 amide bonds. The summed E-state index contributed by atoms with van der Waals surface area (Å²) in [4.78, 5) is 27.0. The molecule has 1 aliphatic heterocycles. The topological polar surface area (TPSA) is 55.5 Å². The highest BCUT2D eigenvalue weighted by atomic mass is 35.5. The van der Waals surface area contributed by atoms with Crippen molar-refractivity contribution < 1.29 is 9.21 Å². The minimum Gasteiger partial charge on any atom is -0.408 e. The van der Waals surface area contributed by atoms with E-state index in [1.54, 1.807) is 18.2 Å². The molecule has 1 aromatic heterocycles. The first-order valence-electron chi connectivity index (χ1n) is 8.72. The number of piperidine rings is 1. The first kappa shape index (κ1) is 15.8. The molecule has 2 aromatic rings. The molecule has 0 spiro atoms. The molecule has 2 fully saturated rings. The van der Waals surface area contributed by atoms with Gasteiger partial charge >= 0.3 is 5.76 Å². The second-order valence-corrected chi connectivity index (χ2v) is 7.34. The summed E-state index contributed by atoms with van der Waals surface area (Å²) in [5.74, 6) is 0.150. The standard InChI is InChI=1S/C18H21ClN2O3/c19-13-7-8-15-16(10-13)24-18(23)21(15)11-17(22)20-9-3-5-12-4-1-2-6-14(12)20/h7-8,10,12,14H,1-6,9,11H2/t12-,14-/m1/s1. The molecule has 0 radical (unpaired) electrons. The average Bonchev–Trinajstić information content (AvgIpc) is 2.89. The highest BCUT2D eigenvalue weighted by Crippen LogP contribution is 2.35. The van der Waals surface area contributed by atoms with Crippen molar-refractivity contribution in [1.29, 1.82) is 0 Å². The number of halogens is 1. The predicted molar refractivity (Wildman–Crippen MR) is 92.2 cm³/mol. The fourth-order valence-electron chi connectivity index (χ4n) is 4.35. The maximum Gasteiger partial charge on any atom is 0.420 e. The molecule has 2 aliphatic rings. The van der Waals surface area contributed by atoms with Gasteiger partial charge in [-0.3, -0.25) is 9.36 Å². The van der Waals surface area contributed by atoms with Crippen LogP contribution in [0.25, 0.3) is 11.1 Å². The largest absolute Gasteiger partial charge is 0.420 e. The average molecular weight is 349 g/mol. The summed E-state index contributed by atoms with van der Waals surface area (Å²) < 4.78 is 6.64. The lowest BCUT2D eigenvalue weighted by molar-refractivity contribution is -0.138. The number of carbonyl (C=O) groups excluding carboxylic acids is 1. The molecule has 6 heteroatoms. The molecule has 2 atom stereocenters. The van der Waals surface area contributed by atoms with Crippen LogP contribution in [0.2, 0.25) is 5.02 Å². The first-order chi connectivity index (χ1) is 11.6. The van der Waals surface area contributed by atoms with Gasteiger partial charge in [0.1, 0.15) is 6.54 Å². The number of amides is 1. The van der Waals surface area contributed by atoms with E-state index in [1.807, 2.05) is 4.90 Å². The number of hydrogen-bond donors (Lipinski definition) is 0. The maximum atomic E-state index is 12.9. The number of likely N-dealkylation sites (tertiary alicyclic amines) is 1. The van der Waals surface area contributed by atoms with E-state index >= 15 is 0 Å². The van der Waals surface area contributed by atoms with E-state index in [-0.39, 0.29) is 12.5 Å². The molecule has 4 rings (SSSR count). The molecule has 5 nitrogen and oxygen atoms in total. The minimum absolute atomic E-state index is 0.0198. The molecule has 1 aromatic carbocycles. The summed E-state index contributed by atoms with van der Waals surface area (Å²) in [5.41, 5.74) is 1.05. The maximum absolute atomic E-state index is 12.9. The summed E-state index contributed by atoms with van der Waals surface area (Å²) in [6.45, 7) is 0.840. The number of nitrogens with zero attached hydrogens (tertiary/aromatic N) is 2. The highest BCUT2D eigenvalue weighted by molar-refractivity contribution is 6.31. The van der Waals surface area contributed by atoms with Crippen LogP contribution >= 0.6 is 11.6 Å². The third-order valence-electron chi connectivity index (χ3n) is 5.49. The van der Waals surface area contributed by atoms with E-state index in [0.717, 1.165) is 19.4 Å². The quantitative estimate of drug-likeness (QED) is 0.835. The molecule has 1 aliphatic carbocycles. The van der Waals surface area contributed by atoms with Crippen molar-refractivity contribution in [3.8, 4) is 0 Å². The Morgan fingerprint density at radius 3 is 2.88 bits per heavy atom. The van der Waals surface area contributed by atoms with E-state index in [4.69, 9.17) is 16.0 Å². The Labute approximate surface area is 145 Å². The van der Waals surface area contributed by atoms with Crippen molar-refractivity contribution in [1.82, 2.24) is 9.47 Å². The van der Waals surface area contributed by atoms with Gasteiger partial charge in [-0.05, 0) is 43.7 Å². The number of carbonyl (C=O) groups is 1. The second-order valence-electron chi connectivity index (χ2n) is 6.91. The Balaban J connectivity index is 1.60. The normalized spacial score (nSPS) is 24.1. The number of hydrogen-bond acceptors (Lipinski definition) is 3. The van der Waals surface area contributed by atoms with Gasteiger partial charge in [0.2, 0.25) is 5.91 Å². The summed E-state index contributed by atoms with van der Waals surface area (Å²) in [6.07, 6.45) is 7.06. The van der Waals surface area contributed by atoms with Gasteiger partial charge in [-0.25, -0.2) is 4.79 Å². The van der Waals surface area contributed by atoms with Gasteiger partial charge in [-0.1, -0.05) is 24.4 Å². The van der Waals surface area contributed by atoms with Crippen LogP contribution in [0.1, 0.15) is 38.5 Å². The summed E-state index contributed by atoms with van der Waals surface area (Å²) >= 11 is 5.94. The zero-order valence-electron chi connectivity index (χ0n) is 13.5. The zero-order chi connectivity index (χ0) is 16.7. The SMILES string of the molecule is O=C(Cn1c(=O)oc2cc(Cl)ccc21)N1CCC[C@H]2CCCC[C@H]21. The zero-order valence-corrected chi connectivity index (χ0v) is 14.3. The fraction of sp³-hybridized carbons (Fsp3) is 0.556. The molecule has 1 saturated heterocycles. The summed E-state index contributed by atoms with van der Waals surface area (Å²) in [5, 5.41) is 0.510. The van der Waals surface area contributed by atoms with Crippen molar-refractivity contribution >= 4 is 28.6 Å². The number of aromatic nitrogens is 1. The lowest BCUT2D eigenvalue weighted by Crippen LogP contribution is -2.51. The van der Waals surface area contributed by atoms with Crippen LogP contribution in [0.3, 0.4) is 0 Å². The van der Waals surface area contributed by atoms with Crippen LogP contribution in [-0.2, 0) is 11.3 Å². The van der Waals surface area contributed by atoms with Gasteiger partial charge in [0.25, 0.3) is 0 Å². The van der Waals surface area contributed by atoms with Crippen LogP contribution in [0.4, 0.5) is 0 Å². The van der Waals surface area contributed by atoms with Crippen molar-refractivity contribution in [3.63, 3.8) is 0 Å². The fourth-order valence-corrected chi connectivity index (χ4v) is 4.51. The molecule has 2 heterocycles. The Bertz CT molecular complexity index is 823. The molecule has 128 valence electrons. The van der Waals surface area contributed by atoms with Gasteiger partial charge in [-0.2, -0.15) is 0 Å². The molecule has 0 unspecified atom stereocenters. The Hall–Kier alpha value is -1.75. The predicted octanol–water partition coefficient (Wildman–Crippen LogP) is 3.43. The smallest absolute Gasteiger partial charge is 0.408 e. The van der Waals surface area contributed by atoms with E-state index in [2.05, 4.69) is 0 Å². The summed E-state index contributed by atoms with van der Waals surface area (Å²) in [7, 11) is 0. The number of oxazole rings is 1. The van der Waals surface area contributed by atoms with E-state index in [0.29, 0.717) is 28.1 Å². The van der Waals surface area contributed by atoms with Gasteiger partial charge in [0.15, 0.2) is 5.58 Å². The van der Waals surface area contributed by atoms with Crippen molar-refractivity contribution in [2.24, 2.45) is 5.92 Å². The number of benzene rings is 1. The van der Waals surface area contributed by atoms with Crippen molar-refractivity contribution in [3.05, 3.63) is 33.8 Å². The van der Waals surface area contributed by atoms with E-state index in [1.165, 1.54) is 30.3 Å². The molecule has 0 bridgehead atoms. The lowest BCUT2D eigenvalue weighted by Gasteiger charge is -2.44. The third-order valence-corrected chi connectivity index (χ3v) is 5.72. The van der Waals surface area contributed by atoms with Gasteiger partial charge < -0.3 is 9.32 Å². The molecular formula is C18H21ClN2O3. The molecular weight excluding hydrogens is 328 g/mol. The lowest BCUT2D eigenvalue weighted by atomic mass is 9.78. The molecule has 1 saturated carbocycles. The highest BCUT2D eigenvalue weighted by Gasteiger charge is 2.35. The third kappa shape index (κ3) is 2.75. The summed E-state index contributed by atoms with van der Waals surface area (Å²) in [6, 6.07) is 5.40. The van der Waals surface area contributed by atoms with Gasteiger partial charge in [0, 0.05) is 23.7 Å². The van der Waals surface area contributed by atoms with Crippen molar-refractivity contribution in [2.75, 3.05) is 6.54 Å². The van der Waals surface area contributed by atoms with Crippen LogP contribution in [0.15, 0.2) is 27.4 Å². The Morgan fingerprint density at radius 2 is 2.00 bits per heavy atom. The number of fused-ring (bicyclic) bond motifs is 2. The first-order valence-corrected chi connectivity index (χ1v) is 9.09. The van der Waals surface area contributed by atoms with Gasteiger partial charge in [0.05, 0.1) is 5.52 Å². The van der Waals surface area contributed by atoms with E-state index in [9.17, 15) is 9.59 Å². The Kier molecular flexibility index (Phi) is 4.12. The second kappa shape index (κ2) is 6.28. The van der Waals surface area contributed by atoms with Gasteiger partial charge in [-0.15, -0.1) is 0 Å². The molecule has 0 N–H and O–H groups in total. The van der Waals surface area contributed by atoms with Crippen molar-refractivity contribution in [2.45, 2.75) is 51.1 Å². The number of rotatable bonds is 2. The monoisotopic (exact) mass is 348 g/mol. The Morgan fingerprint density at radius 1 is 1.21 bits per heavy atom. The van der Waals surface area contributed by atoms with Crippen LogP contribution in [0.5, 0.6) is 0 Å². The van der Waals surface area contributed by atoms with Crippen LogP contribution in [-0.4, -0.2) is 28.0 Å². The van der Waals surface area contributed by atoms with E-state index < -0.39 is 5.76 Å². The minimum atomic E-state index is -0.502.